The van der Waals surface area contributed by atoms with Gasteiger partial charge in [-0.2, -0.15) is 0 Å². The van der Waals surface area contributed by atoms with Gasteiger partial charge in [0, 0.05) is 5.02 Å². The smallest absolute Gasteiger partial charge is 0.261 e. The van der Waals surface area contributed by atoms with Gasteiger partial charge in [0.25, 0.3) is 5.91 Å². The number of aryl methyl sites for hydroxylation is 1. The largest absolute Gasteiger partial charge is 0.496 e. The fourth-order valence-corrected chi connectivity index (χ4v) is 2.93. The van der Waals surface area contributed by atoms with Crippen LogP contribution in [0, 0.1) is 6.92 Å². The molecule has 0 unspecified atom stereocenters. The van der Waals surface area contributed by atoms with Crippen molar-refractivity contribution in [2.24, 2.45) is 0 Å². The average molecular weight is 376 g/mol. The number of nitrogens with one attached hydrogen (secondary N) is 1. The number of ether oxygens (including phenoxy) is 2. The number of carbonyl (C=O) groups is 1. The van der Waals surface area contributed by atoms with Crippen LogP contribution in [0.4, 0.5) is 0 Å². The summed E-state index contributed by atoms with van der Waals surface area (Å²) in [5.74, 6) is 1.35. The third kappa shape index (κ3) is 5.15. The van der Waals surface area contributed by atoms with Crippen molar-refractivity contribution in [3.8, 4) is 11.5 Å². The van der Waals surface area contributed by atoms with E-state index in [-0.39, 0.29) is 11.9 Å². The molecular weight excluding hydrogens is 350 g/mol. The molecular formula is C21H26ClNO3. The number of rotatable bonds is 8. The van der Waals surface area contributed by atoms with E-state index < -0.39 is 6.10 Å². The first kappa shape index (κ1) is 20.1. The summed E-state index contributed by atoms with van der Waals surface area (Å²) in [6.45, 7) is 5.97. The Morgan fingerprint density at radius 3 is 2.35 bits per heavy atom. The van der Waals surface area contributed by atoms with Crippen molar-refractivity contribution in [1.82, 2.24) is 5.32 Å². The van der Waals surface area contributed by atoms with Crippen molar-refractivity contribution in [1.29, 1.82) is 0 Å². The van der Waals surface area contributed by atoms with E-state index in [1.54, 1.807) is 31.4 Å². The molecule has 1 amide bonds. The number of hydrogen-bond donors (Lipinski definition) is 1. The Morgan fingerprint density at radius 2 is 1.81 bits per heavy atom. The highest BCUT2D eigenvalue weighted by Gasteiger charge is 2.22. The van der Waals surface area contributed by atoms with E-state index in [2.05, 4.69) is 5.32 Å². The summed E-state index contributed by atoms with van der Waals surface area (Å²) in [6.07, 6.45) is 0.811. The molecule has 0 aromatic heterocycles. The topological polar surface area (TPSA) is 47.6 Å². The van der Waals surface area contributed by atoms with Gasteiger partial charge in [0.2, 0.25) is 0 Å². The molecule has 0 aliphatic carbocycles. The number of hydrogen-bond acceptors (Lipinski definition) is 3. The zero-order chi connectivity index (χ0) is 19.1. The van der Waals surface area contributed by atoms with Gasteiger partial charge in [-0.3, -0.25) is 4.79 Å². The van der Waals surface area contributed by atoms with E-state index in [1.165, 1.54) is 0 Å². The number of amides is 1. The van der Waals surface area contributed by atoms with Crippen LogP contribution in [0.5, 0.6) is 11.5 Å². The minimum Gasteiger partial charge on any atom is -0.496 e. The standard InChI is InChI=1S/C21H26ClNO3/c1-5-18(15-7-12-20(25-4)14(3)13-15)23-21(24)19(6-2)26-17-10-8-16(22)9-11-17/h7-13,18-19H,5-6H2,1-4H3,(H,23,24)/t18-,19+/m1/s1. The first-order valence-electron chi connectivity index (χ1n) is 8.85. The van der Waals surface area contributed by atoms with Crippen LogP contribution in [0.1, 0.15) is 43.9 Å². The van der Waals surface area contributed by atoms with Gasteiger partial charge in [-0.25, -0.2) is 0 Å². The Kier molecular flexibility index (Phi) is 7.34. The molecule has 0 fully saturated rings. The Labute approximate surface area is 160 Å². The molecule has 2 aromatic carbocycles. The summed E-state index contributed by atoms with van der Waals surface area (Å²) in [5.41, 5.74) is 2.10. The maximum Gasteiger partial charge on any atom is 0.261 e. The Morgan fingerprint density at radius 1 is 1.12 bits per heavy atom. The molecule has 0 bridgehead atoms. The molecule has 2 atom stereocenters. The second-order valence-corrected chi connectivity index (χ2v) is 6.60. The fourth-order valence-electron chi connectivity index (χ4n) is 2.80. The molecule has 4 nitrogen and oxygen atoms in total. The normalized spacial score (nSPS) is 13.0. The summed E-state index contributed by atoms with van der Waals surface area (Å²) in [7, 11) is 1.65. The quantitative estimate of drug-likeness (QED) is 0.699. The lowest BCUT2D eigenvalue weighted by atomic mass is 10.0. The maximum atomic E-state index is 12.7. The second kappa shape index (κ2) is 9.48. The molecule has 5 heteroatoms. The summed E-state index contributed by atoms with van der Waals surface area (Å²) >= 11 is 5.89. The first-order chi connectivity index (χ1) is 12.5. The lowest BCUT2D eigenvalue weighted by Crippen LogP contribution is -2.39. The van der Waals surface area contributed by atoms with Gasteiger partial charge in [-0.1, -0.05) is 37.6 Å². The lowest BCUT2D eigenvalue weighted by Gasteiger charge is -2.23. The summed E-state index contributed by atoms with van der Waals surface area (Å²) in [4.78, 5) is 12.7. The third-order valence-electron chi connectivity index (χ3n) is 4.30. The van der Waals surface area contributed by atoms with Crippen LogP contribution in [-0.2, 0) is 4.79 Å². The summed E-state index contributed by atoms with van der Waals surface area (Å²) in [6, 6.07) is 12.9. The molecule has 140 valence electrons. The van der Waals surface area contributed by atoms with Gasteiger partial charge < -0.3 is 14.8 Å². The predicted octanol–water partition coefficient (Wildman–Crippen LogP) is 5.08. The second-order valence-electron chi connectivity index (χ2n) is 6.17. The Hall–Kier alpha value is -2.20. The van der Waals surface area contributed by atoms with Gasteiger partial charge in [0.1, 0.15) is 11.5 Å². The molecule has 0 heterocycles. The molecule has 2 aromatic rings. The van der Waals surface area contributed by atoms with Gasteiger partial charge in [0.15, 0.2) is 6.10 Å². The maximum absolute atomic E-state index is 12.7. The molecule has 0 saturated heterocycles. The molecule has 1 N–H and O–H groups in total. The van der Waals surface area contributed by atoms with Crippen LogP contribution in [0.25, 0.3) is 0 Å². The molecule has 0 spiro atoms. The number of benzene rings is 2. The van der Waals surface area contributed by atoms with Crippen molar-refractivity contribution in [3.05, 3.63) is 58.6 Å². The first-order valence-corrected chi connectivity index (χ1v) is 9.23. The number of methoxy groups -OCH3 is 1. The Bertz CT molecular complexity index is 731. The van der Waals surface area contributed by atoms with Crippen molar-refractivity contribution < 1.29 is 14.3 Å². The number of halogens is 1. The van der Waals surface area contributed by atoms with Crippen molar-refractivity contribution in [2.75, 3.05) is 7.11 Å². The van der Waals surface area contributed by atoms with Crippen molar-refractivity contribution in [2.45, 2.75) is 45.8 Å². The summed E-state index contributed by atoms with van der Waals surface area (Å²) < 4.78 is 11.1. The van der Waals surface area contributed by atoms with Crippen LogP contribution in [0.15, 0.2) is 42.5 Å². The van der Waals surface area contributed by atoms with E-state index in [0.717, 1.165) is 23.3 Å². The van der Waals surface area contributed by atoms with Crippen LogP contribution in [0.2, 0.25) is 5.02 Å². The van der Waals surface area contributed by atoms with Crippen LogP contribution >= 0.6 is 11.6 Å². The van der Waals surface area contributed by atoms with Gasteiger partial charge in [-0.15, -0.1) is 0 Å². The molecule has 0 aliphatic rings. The van der Waals surface area contributed by atoms with Gasteiger partial charge in [0.05, 0.1) is 13.2 Å². The molecule has 26 heavy (non-hydrogen) atoms. The molecule has 0 aliphatic heterocycles. The summed E-state index contributed by atoms with van der Waals surface area (Å²) in [5, 5.41) is 3.73. The SMILES string of the molecule is CC[C@H](Oc1ccc(Cl)cc1)C(=O)N[C@H](CC)c1ccc(OC)c(C)c1. The van der Waals surface area contributed by atoms with Gasteiger partial charge >= 0.3 is 0 Å². The fraction of sp³-hybridized carbons (Fsp3) is 0.381. The average Bonchev–Trinajstić information content (AvgIpc) is 2.65. The lowest BCUT2D eigenvalue weighted by molar-refractivity contribution is -0.128. The van der Waals surface area contributed by atoms with Crippen LogP contribution in [0.3, 0.4) is 0 Å². The van der Waals surface area contributed by atoms with E-state index in [0.29, 0.717) is 17.2 Å². The number of carbonyl (C=O) groups excluding carboxylic acids is 1. The van der Waals surface area contributed by atoms with E-state index >= 15 is 0 Å². The van der Waals surface area contributed by atoms with Crippen LogP contribution in [-0.4, -0.2) is 19.1 Å². The zero-order valence-electron chi connectivity index (χ0n) is 15.7. The highest BCUT2D eigenvalue weighted by Crippen LogP contribution is 2.25. The highest BCUT2D eigenvalue weighted by molar-refractivity contribution is 6.30. The minimum atomic E-state index is -0.551. The highest BCUT2D eigenvalue weighted by atomic mass is 35.5. The molecule has 2 rings (SSSR count). The minimum absolute atomic E-state index is 0.0741. The predicted molar refractivity (Wildman–Crippen MR) is 105 cm³/mol. The van der Waals surface area contributed by atoms with Crippen molar-refractivity contribution in [3.63, 3.8) is 0 Å². The molecule has 0 radical (unpaired) electrons. The zero-order valence-corrected chi connectivity index (χ0v) is 16.5. The Balaban J connectivity index is 2.08. The van der Waals surface area contributed by atoms with E-state index in [1.807, 2.05) is 39.0 Å². The van der Waals surface area contributed by atoms with Crippen LogP contribution < -0.4 is 14.8 Å². The van der Waals surface area contributed by atoms with Gasteiger partial charge in [-0.05, 0) is 61.2 Å². The third-order valence-corrected chi connectivity index (χ3v) is 4.55. The monoisotopic (exact) mass is 375 g/mol. The van der Waals surface area contributed by atoms with E-state index in [4.69, 9.17) is 21.1 Å². The van der Waals surface area contributed by atoms with Crippen molar-refractivity contribution >= 4 is 17.5 Å². The molecule has 0 saturated carbocycles. The van der Waals surface area contributed by atoms with E-state index in [9.17, 15) is 4.79 Å².